The SMILES string of the molecule is Cc1ccc2c(c1)CN(C(=O)OC(C)(C)C)C(C(C)C)C(=O)N2C. The van der Waals surface area contributed by atoms with E-state index in [1.807, 2.05) is 59.7 Å². The first-order valence-electron chi connectivity index (χ1n) is 8.38. The van der Waals surface area contributed by atoms with Gasteiger partial charge in [0.25, 0.3) is 0 Å². The summed E-state index contributed by atoms with van der Waals surface area (Å²) in [6.07, 6.45) is -0.447. The molecule has 132 valence electrons. The Balaban J connectivity index is 2.50. The minimum atomic E-state index is -0.602. The van der Waals surface area contributed by atoms with Crippen molar-refractivity contribution in [2.45, 2.75) is 59.7 Å². The second kappa shape index (κ2) is 6.46. The van der Waals surface area contributed by atoms with Gasteiger partial charge in [-0.3, -0.25) is 9.69 Å². The number of anilines is 1. The number of ether oxygens (including phenoxy) is 1. The lowest BCUT2D eigenvalue weighted by Gasteiger charge is -2.34. The number of carbonyl (C=O) groups excluding carboxylic acids is 2. The summed E-state index contributed by atoms with van der Waals surface area (Å²) in [7, 11) is 1.77. The largest absolute Gasteiger partial charge is 0.444 e. The van der Waals surface area contributed by atoms with Crippen molar-refractivity contribution in [2.24, 2.45) is 5.92 Å². The summed E-state index contributed by atoms with van der Waals surface area (Å²) in [6, 6.07) is 5.41. The minimum Gasteiger partial charge on any atom is -0.444 e. The lowest BCUT2D eigenvalue weighted by atomic mass is 10.0. The highest BCUT2D eigenvalue weighted by molar-refractivity contribution is 6.00. The number of hydrogen-bond acceptors (Lipinski definition) is 3. The molecule has 0 bridgehead atoms. The van der Waals surface area contributed by atoms with E-state index in [1.54, 1.807) is 16.8 Å². The van der Waals surface area contributed by atoms with Gasteiger partial charge in [-0.15, -0.1) is 0 Å². The van der Waals surface area contributed by atoms with Crippen LogP contribution < -0.4 is 4.90 Å². The summed E-state index contributed by atoms with van der Waals surface area (Å²) in [5, 5.41) is 0. The Morgan fingerprint density at radius 1 is 1.29 bits per heavy atom. The smallest absolute Gasteiger partial charge is 0.411 e. The van der Waals surface area contributed by atoms with Crippen LogP contribution in [0.3, 0.4) is 0 Å². The number of aryl methyl sites for hydroxylation is 1. The quantitative estimate of drug-likeness (QED) is 0.787. The Hall–Kier alpha value is -2.04. The van der Waals surface area contributed by atoms with Gasteiger partial charge < -0.3 is 9.64 Å². The first-order valence-corrected chi connectivity index (χ1v) is 8.38. The Bertz CT molecular complexity index is 647. The molecule has 0 aliphatic carbocycles. The highest BCUT2D eigenvalue weighted by Crippen LogP contribution is 2.31. The van der Waals surface area contributed by atoms with Crippen molar-refractivity contribution in [2.75, 3.05) is 11.9 Å². The number of benzene rings is 1. The van der Waals surface area contributed by atoms with Crippen LogP contribution in [0.25, 0.3) is 0 Å². The zero-order chi connectivity index (χ0) is 18.2. The molecular formula is C19H28N2O3. The van der Waals surface area contributed by atoms with E-state index in [0.717, 1.165) is 16.8 Å². The number of hydrogen-bond donors (Lipinski definition) is 0. The summed E-state index contributed by atoms with van der Waals surface area (Å²) < 4.78 is 5.56. The molecule has 0 aromatic heterocycles. The van der Waals surface area contributed by atoms with Gasteiger partial charge >= 0.3 is 6.09 Å². The average molecular weight is 332 g/mol. The van der Waals surface area contributed by atoms with E-state index in [4.69, 9.17) is 4.74 Å². The molecule has 1 unspecified atom stereocenters. The molecule has 1 atom stereocenters. The van der Waals surface area contributed by atoms with Crippen LogP contribution in [0.1, 0.15) is 45.7 Å². The lowest BCUT2D eigenvalue weighted by Crippen LogP contribution is -2.51. The summed E-state index contributed by atoms with van der Waals surface area (Å²) in [5.74, 6) is -0.0960. The summed E-state index contributed by atoms with van der Waals surface area (Å²) in [5.41, 5.74) is 2.30. The number of nitrogens with zero attached hydrogens (tertiary/aromatic N) is 2. The molecule has 1 heterocycles. The highest BCUT2D eigenvalue weighted by atomic mass is 16.6. The van der Waals surface area contributed by atoms with Crippen LogP contribution in [-0.4, -0.2) is 35.6 Å². The molecule has 5 nitrogen and oxygen atoms in total. The first kappa shape index (κ1) is 18.3. The Morgan fingerprint density at radius 3 is 2.46 bits per heavy atom. The number of amides is 2. The first-order chi connectivity index (χ1) is 11.0. The van der Waals surface area contributed by atoms with Gasteiger partial charge in [0.05, 0.1) is 6.54 Å². The van der Waals surface area contributed by atoms with Gasteiger partial charge in [0.2, 0.25) is 5.91 Å². The van der Waals surface area contributed by atoms with Crippen molar-refractivity contribution in [1.29, 1.82) is 0 Å². The summed E-state index contributed by atoms with van der Waals surface area (Å²) in [4.78, 5) is 29.0. The molecule has 0 fully saturated rings. The molecule has 1 aromatic carbocycles. The van der Waals surface area contributed by atoms with Crippen molar-refractivity contribution in [1.82, 2.24) is 4.90 Å². The Morgan fingerprint density at radius 2 is 1.92 bits per heavy atom. The molecule has 24 heavy (non-hydrogen) atoms. The third-order valence-corrected chi connectivity index (χ3v) is 4.12. The standard InChI is InChI=1S/C19H28N2O3/c1-12(2)16-17(22)20(7)15-9-8-13(3)10-14(15)11-21(16)18(23)24-19(4,5)6/h8-10,12,16H,11H2,1-7H3. The number of likely N-dealkylation sites (N-methyl/N-ethyl adjacent to an activating group) is 1. The molecule has 0 N–H and O–H groups in total. The maximum absolute atomic E-state index is 13.0. The monoisotopic (exact) mass is 332 g/mol. The molecule has 1 aromatic rings. The van der Waals surface area contributed by atoms with Crippen molar-refractivity contribution in [3.8, 4) is 0 Å². The summed E-state index contributed by atoms with van der Waals surface area (Å²) >= 11 is 0. The predicted octanol–water partition coefficient (Wildman–Crippen LogP) is 3.73. The van der Waals surface area contributed by atoms with Gasteiger partial charge in [0.15, 0.2) is 0 Å². The van der Waals surface area contributed by atoms with Gasteiger partial charge in [0, 0.05) is 12.7 Å². The van der Waals surface area contributed by atoms with E-state index in [9.17, 15) is 9.59 Å². The van der Waals surface area contributed by atoms with Crippen molar-refractivity contribution in [3.05, 3.63) is 29.3 Å². The van der Waals surface area contributed by atoms with E-state index >= 15 is 0 Å². The van der Waals surface area contributed by atoms with Gasteiger partial charge in [0.1, 0.15) is 11.6 Å². The van der Waals surface area contributed by atoms with E-state index in [1.165, 1.54) is 0 Å². The van der Waals surface area contributed by atoms with Crippen LogP contribution in [0.4, 0.5) is 10.5 Å². The number of carbonyl (C=O) groups is 2. The van der Waals surface area contributed by atoms with Crippen LogP contribution >= 0.6 is 0 Å². The molecular weight excluding hydrogens is 304 g/mol. The van der Waals surface area contributed by atoms with Crippen LogP contribution in [-0.2, 0) is 16.1 Å². The number of fused-ring (bicyclic) bond motifs is 1. The van der Waals surface area contributed by atoms with Gasteiger partial charge in [-0.1, -0.05) is 31.5 Å². The summed E-state index contributed by atoms with van der Waals surface area (Å²) in [6.45, 7) is 11.8. The van der Waals surface area contributed by atoms with Crippen molar-refractivity contribution in [3.63, 3.8) is 0 Å². The minimum absolute atomic E-state index is 0.0112. The fourth-order valence-electron chi connectivity index (χ4n) is 3.04. The highest BCUT2D eigenvalue weighted by Gasteiger charge is 2.40. The van der Waals surface area contributed by atoms with Gasteiger partial charge in [-0.25, -0.2) is 4.79 Å². The van der Waals surface area contributed by atoms with Gasteiger partial charge in [-0.2, -0.15) is 0 Å². The van der Waals surface area contributed by atoms with Crippen LogP contribution in [0.5, 0.6) is 0 Å². The van der Waals surface area contributed by atoms with Gasteiger partial charge in [-0.05, 0) is 45.2 Å². The lowest BCUT2D eigenvalue weighted by molar-refractivity contribution is -0.125. The van der Waals surface area contributed by atoms with E-state index in [2.05, 4.69) is 0 Å². The third-order valence-electron chi connectivity index (χ3n) is 4.12. The molecule has 0 spiro atoms. The van der Waals surface area contributed by atoms with Crippen LogP contribution in [0.15, 0.2) is 18.2 Å². The Kier molecular flexibility index (Phi) is 4.92. The molecule has 1 aliphatic rings. The molecule has 2 rings (SSSR count). The second-order valence-corrected chi connectivity index (χ2v) is 7.83. The fraction of sp³-hybridized carbons (Fsp3) is 0.579. The fourth-order valence-corrected chi connectivity index (χ4v) is 3.04. The zero-order valence-corrected chi connectivity index (χ0v) is 15.7. The molecule has 2 amide bonds. The van der Waals surface area contributed by atoms with Crippen molar-refractivity contribution >= 4 is 17.7 Å². The predicted molar refractivity (Wildman–Crippen MR) is 95.0 cm³/mol. The molecule has 0 radical (unpaired) electrons. The number of rotatable bonds is 1. The van der Waals surface area contributed by atoms with Crippen molar-refractivity contribution < 1.29 is 14.3 Å². The third kappa shape index (κ3) is 3.71. The molecule has 1 aliphatic heterocycles. The van der Waals surface area contributed by atoms with Crippen LogP contribution in [0.2, 0.25) is 0 Å². The Labute approximate surface area is 144 Å². The zero-order valence-electron chi connectivity index (χ0n) is 15.7. The normalized spacial score (nSPS) is 18.5. The molecule has 0 saturated heterocycles. The molecule has 0 saturated carbocycles. The van der Waals surface area contributed by atoms with Crippen LogP contribution in [0, 0.1) is 12.8 Å². The maximum Gasteiger partial charge on any atom is 0.411 e. The van der Waals surface area contributed by atoms with E-state index < -0.39 is 17.7 Å². The van der Waals surface area contributed by atoms with E-state index in [-0.39, 0.29) is 11.8 Å². The maximum atomic E-state index is 13.0. The topological polar surface area (TPSA) is 49.9 Å². The second-order valence-electron chi connectivity index (χ2n) is 7.83. The molecule has 5 heteroatoms. The average Bonchev–Trinajstić information content (AvgIpc) is 2.53. The van der Waals surface area contributed by atoms with E-state index in [0.29, 0.717) is 6.54 Å².